The molecule has 33 heavy (non-hydrogen) atoms. The van der Waals surface area contributed by atoms with E-state index in [1.807, 2.05) is 0 Å². The van der Waals surface area contributed by atoms with Gasteiger partial charge < -0.3 is 36.4 Å². The summed E-state index contributed by atoms with van der Waals surface area (Å²) in [7, 11) is 2.03. The van der Waals surface area contributed by atoms with E-state index in [2.05, 4.69) is 10.6 Å². The van der Waals surface area contributed by atoms with Gasteiger partial charge in [-0.2, -0.15) is 0 Å². The largest absolute Gasteiger partial charge is 0.481 e. The van der Waals surface area contributed by atoms with Crippen LogP contribution in [0.1, 0.15) is 18.4 Å². The number of benzene rings is 1. The van der Waals surface area contributed by atoms with Gasteiger partial charge in [0, 0.05) is 17.9 Å². The van der Waals surface area contributed by atoms with Crippen molar-refractivity contribution in [2.24, 2.45) is 5.73 Å². The predicted molar refractivity (Wildman–Crippen MR) is 121 cm³/mol. The Kier molecular flexibility index (Phi) is 12.7. The lowest BCUT2D eigenvalue weighted by Gasteiger charge is -2.21. The normalized spacial score (nSPS) is 13.2. The molecule has 182 valence electrons. The average molecular weight is 504 g/mol. The molecule has 0 spiro atoms. The van der Waals surface area contributed by atoms with Gasteiger partial charge in [-0.05, 0) is 12.0 Å². The van der Waals surface area contributed by atoms with Crippen molar-refractivity contribution in [1.29, 1.82) is 0 Å². The van der Waals surface area contributed by atoms with Crippen LogP contribution in [0.2, 0.25) is 0 Å². The van der Waals surface area contributed by atoms with E-state index >= 15 is 0 Å². The molecule has 14 heteroatoms. The highest BCUT2D eigenvalue weighted by Gasteiger charge is 2.27. The SMILES string of the molecule is NC(CSSC[C@H](NC(=O)[C@H](CCC(=O)O)NC(=O)OCc1ccccc1)C(=O)O)C(=O)O. The Balaban J connectivity index is 2.65. The Bertz CT molecular complexity index is 826. The molecule has 0 aliphatic heterocycles. The summed E-state index contributed by atoms with van der Waals surface area (Å²) in [6, 6.07) is 4.89. The van der Waals surface area contributed by atoms with Crippen LogP contribution < -0.4 is 16.4 Å². The topological polar surface area (TPSA) is 205 Å². The maximum absolute atomic E-state index is 12.6. The molecular formula is C19H25N3O9S2. The zero-order valence-electron chi connectivity index (χ0n) is 17.3. The van der Waals surface area contributed by atoms with Crippen LogP contribution in [0.4, 0.5) is 4.79 Å². The number of hydrogen-bond donors (Lipinski definition) is 6. The van der Waals surface area contributed by atoms with E-state index in [9.17, 15) is 29.1 Å². The van der Waals surface area contributed by atoms with Gasteiger partial charge in [-0.1, -0.05) is 51.9 Å². The number of amides is 2. The molecule has 12 nitrogen and oxygen atoms in total. The minimum Gasteiger partial charge on any atom is -0.481 e. The summed E-state index contributed by atoms with van der Waals surface area (Å²) in [4.78, 5) is 57.7. The molecule has 1 aromatic rings. The molecule has 0 saturated carbocycles. The maximum atomic E-state index is 12.6. The van der Waals surface area contributed by atoms with Crippen molar-refractivity contribution in [2.75, 3.05) is 11.5 Å². The molecule has 0 saturated heterocycles. The third-order valence-electron chi connectivity index (χ3n) is 3.97. The summed E-state index contributed by atoms with van der Waals surface area (Å²) in [5, 5.41) is 31.5. The second-order valence-corrected chi connectivity index (χ2v) is 9.16. The first kappa shape index (κ1) is 28.1. The molecule has 1 rings (SSSR count). The fourth-order valence-electron chi connectivity index (χ4n) is 2.20. The fourth-order valence-corrected chi connectivity index (χ4v) is 4.47. The number of carbonyl (C=O) groups excluding carboxylic acids is 2. The number of carbonyl (C=O) groups is 5. The molecule has 3 atom stereocenters. The Morgan fingerprint density at radius 1 is 0.909 bits per heavy atom. The average Bonchev–Trinajstić information content (AvgIpc) is 2.77. The van der Waals surface area contributed by atoms with Crippen molar-refractivity contribution in [2.45, 2.75) is 37.6 Å². The Morgan fingerprint density at radius 3 is 2.12 bits per heavy atom. The van der Waals surface area contributed by atoms with Gasteiger partial charge in [-0.25, -0.2) is 9.59 Å². The van der Waals surface area contributed by atoms with Crippen molar-refractivity contribution in [3.8, 4) is 0 Å². The van der Waals surface area contributed by atoms with Crippen LogP contribution in [0.25, 0.3) is 0 Å². The van der Waals surface area contributed by atoms with E-state index < -0.39 is 54.5 Å². The van der Waals surface area contributed by atoms with Gasteiger partial charge in [0.1, 0.15) is 24.7 Å². The number of nitrogens with one attached hydrogen (secondary N) is 2. The number of nitrogens with two attached hydrogens (primary N) is 1. The van der Waals surface area contributed by atoms with Crippen molar-refractivity contribution in [3.05, 3.63) is 35.9 Å². The second-order valence-electron chi connectivity index (χ2n) is 6.60. The molecule has 2 amide bonds. The van der Waals surface area contributed by atoms with Gasteiger partial charge >= 0.3 is 24.0 Å². The Hall–Kier alpha value is -2.97. The zero-order chi connectivity index (χ0) is 24.8. The minimum atomic E-state index is -1.37. The number of alkyl carbamates (subject to hydrolysis) is 1. The first-order valence-corrected chi connectivity index (χ1v) is 12.0. The molecule has 0 bridgehead atoms. The highest BCUT2D eigenvalue weighted by Crippen LogP contribution is 2.22. The van der Waals surface area contributed by atoms with Crippen LogP contribution in [-0.4, -0.2) is 74.9 Å². The van der Waals surface area contributed by atoms with E-state index in [1.165, 1.54) is 0 Å². The number of carboxylic acids is 3. The van der Waals surface area contributed by atoms with Crippen molar-refractivity contribution < 1.29 is 44.0 Å². The summed E-state index contributed by atoms with van der Waals surface area (Å²) >= 11 is 0. The van der Waals surface area contributed by atoms with Crippen LogP contribution in [0.15, 0.2) is 30.3 Å². The number of ether oxygens (including phenoxy) is 1. The van der Waals surface area contributed by atoms with Gasteiger partial charge in [0.05, 0.1) is 0 Å². The summed E-state index contributed by atoms with van der Waals surface area (Å²) in [6.45, 7) is -0.0793. The molecule has 0 aliphatic rings. The van der Waals surface area contributed by atoms with Crippen molar-refractivity contribution >= 4 is 51.5 Å². The van der Waals surface area contributed by atoms with Crippen molar-refractivity contribution in [3.63, 3.8) is 0 Å². The number of rotatable bonds is 15. The van der Waals surface area contributed by atoms with Gasteiger partial charge in [0.15, 0.2) is 0 Å². The number of carboxylic acid groups (broad SMARTS) is 3. The summed E-state index contributed by atoms with van der Waals surface area (Å²) in [5.41, 5.74) is 6.06. The number of hydrogen-bond acceptors (Lipinski definition) is 9. The van der Waals surface area contributed by atoms with Crippen LogP contribution in [0.3, 0.4) is 0 Å². The third kappa shape index (κ3) is 12.0. The van der Waals surface area contributed by atoms with Crippen molar-refractivity contribution in [1.82, 2.24) is 10.6 Å². The molecule has 0 aliphatic carbocycles. The zero-order valence-corrected chi connectivity index (χ0v) is 19.0. The highest BCUT2D eigenvalue weighted by atomic mass is 33.1. The first-order valence-electron chi connectivity index (χ1n) is 9.55. The third-order valence-corrected chi connectivity index (χ3v) is 6.41. The molecule has 0 heterocycles. The number of aliphatic carboxylic acids is 3. The minimum absolute atomic E-state index is 0.0241. The molecule has 1 aromatic carbocycles. The molecule has 0 radical (unpaired) electrons. The lowest BCUT2D eigenvalue weighted by Crippen LogP contribution is -2.52. The highest BCUT2D eigenvalue weighted by molar-refractivity contribution is 8.76. The quantitative estimate of drug-likeness (QED) is 0.143. The Labute approximate surface area is 197 Å². The molecule has 1 unspecified atom stereocenters. The van der Waals surface area contributed by atoms with E-state index in [0.29, 0.717) is 5.56 Å². The lowest BCUT2D eigenvalue weighted by atomic mass is 10.1. The van der Waals surface area contributed by atoms with Gasteiger partial charge in [-0.15, -0.1) is 0 Å². The molecule has 0 fully saturated rings. The van der Waals surface area contributed by atoms with Crippen LogP contribution in [0, 0.1) is 0 Å². The summed E-state index contributed by atoms with van der Waals surface area (Å²) < 4.78 is 5.03. The molecular weight excluding hydrogens is 478 g/mol. The monoisotopic (exact) mass is 503 g/mol. The Morgan fingerprint density at radius 2 is 1.55 bits per heavy atom. The van der Waals surface area contributed by atoms with E-state index in [0.717, 1.165) is 21.6 Å². The summed E-state index contributed by atoms with van der Waals surface area (Å²) in [6.07, 6.45) is -1.71. The van der Waals surface area contributed by atoms with E-state index in [-0.39, 0.29) is 24.5 Å². The molecule has 0 aromatic heterocycles. The standard InChI is InChI=1S/C19H25N3O9S2/c20-12(17(26)27)9-32-33-10-14(18(28)29)21-16(25)13(6-7-15(23)24)22-19(30)31-8-11-4-2-1-3-5-11/h1-5,12-14H,6-10,20H2,(H,21,25)(H,22,30)(H,23,24)(H,26,27)(H,28,29)/t12?,13-,14-/m0/s1. The van der Waals surface area contributed by atoms with E-state index in [4.69, 9.17) is 20.7 Å². The van der Waals surface area contributed by atoms with Crippen LogP contribution in [0.5, 0.6) is 0 Å². The summed E-state index contributed by atoms with van der Waals surface area (Å²) in [5.74, 6) is -4.75. The maximum Gasteiger partial charge on any atom is 0.408 e. The van der Waals surface area contributed by atoms with Gasteiger partial charge in [0.25, 0.3) is 0 Å². The molecule has 7 N–H and O–H groups in total. The van der Waals surface area contributed by atoms with Crippen LogP contribution >= 0.6 is 21.6 Å². The lowest BCUT2D eigenvalue weighted by molar-refractivity contribution is -0.142. The first-order chi connectivity index (χ1) is 15.6. The smallest absolute Gasteiger partial charge is 0.408 e. The van der Waals surface area contributed by atoms with Crippen LogP contribution in [-0.2, 0) is 30.5 Å². The predicted octanol–water partition coefficient (Wildman–Crippen LogP) is 0.509. The van der Waals surface area contributed by atoms with E-state index in [1.54, 1.807) is 30.3 Å². The van der Waals surface area contributed by atoms with Gasteiger partial charge in [-0.3, -0.25) is 14.4 Å². The second kappa shape index (κ2) is 15.0. The van der Waals surface area contributed by atoms with Gasteiger partial charge in [0.2, 0.25) is 5.91 Å². The fraction of sp³-hybridized carbons (Fsp3) is 0.421.